The normalized spacial score (nSPS) is 19.3. The molecule has 1 aliphatic rings. The van der Waals surface area contributed by atoms with Crippen LogP contribution in [0.4, 0.5) is 0 Å². The summed E-state index contributed by atoms with van der Waals surface area (Å²) in [5, 5.41) is 1.95. The summed E-state index contributed by atoms with van der Waals surface area (Å²) in [4.78, 5) is 22.9. The number of hydrogen-bond acceptors (Lipinski definition) is 4. The molecule has 5 nitrogen and oxygen atoms in total. The van der Waals surface area contributed by atoms with E-state index in [1.165, 1.54) is 11.3 Å². The molecule has 3 heterocycles. The Morgan fingerprint density at radius 2 is 2.40 bits per heavy atom. The number of thiophene rings is 1. The van der Waals surface area contributed by atoms with Crippen LogP contribution in [0.15, 0.2) is 17.6 Å². The first-order valence-corrected chi connectivity index (χ1v) is 7.49. The van der Waals surface area contributed by atoms with Crippen LogP contribution in [-0.2, 0) is 4.74 Å². The number of imidazole rings is 1. The molecule has 0 aromatic carbocycles. The molecular formula is C14H17N3O2S. The quantitative estimate of drug-likeness (QED) is 0.923. The lowest BCUT2D eigenvalue weighted by atomic mass is 10.2. The van der Waals surface area contributed by atoms with Gasteiger partial charge < -0.3 is 14.6 Å². The summed E-state index contributed by atoms with van der Waals surface area (Å²) in [6, 6.07) is 1.84. The monoisotopic (exact) mass is 291 g/mol. The van der Waals surface area contributed by atoms with Crippen molar-refractivity contribution < 1.29 is 9.53 Å². The molecule has 6 heteroatoms. The predicted molar refractivity (Wildman–Crippen MR) is 77.0 cm³/mol. The van der Waals surface area contributed by atoms with Crippen LogP contribution in [0.3, 0.4) is 0 Å². The molecular weight excluding hydrogens is 274 g/mol. The van der Waals surface area contributed by atoms with E-state index in [4.69, 9.17) is 4.74 Å². The van der Waals surface area contributed by atoms with Crippen LogP contribution in [0, 0.1) is 13.8 Å². The lowest BCUT2D eigenvalue weighted by Gasteiger charge is -2.34. The van der Waals surface area contributed by atoms with Gasteiger partial charge in [-0.1, -0.05) is 0 Å². The number of amides is 1. The molecule has 106 valence electrons. The van der Waals surface area contributed by atoms with Crippen LogP contribution in [0.1, 0.15) is 32.8 Å². The Kier molecular flexibility index (Phi) is 3.58. The summed E-state index contributed by atoms with van der Waals surface area (Å²) in [5.74, 6) is 0.865. The highest BCUT2D eigenvalue weighted by atomic mass is 32.1. The highest BCUT2D eigenvalue weighted by Crippen LogP contribution is 2.26. The first kappa shape index (κ1) is 13.3. The molecule has 2 aromatic rings. The van der Waals surface area contributed by atoms with Crippen LogP contribution in [0.2, 0.25) is 0 Å². The zero-order valence-electron chi connectivity index (χ0n) is 11.5. The lowest BCUT2D eigenvalue weighted by molar-refractivity contribution is -0.00478. The minimum atomic E-state index is -0.133. The van der Waals surface area contributed by atoms with Gasteiger partial charge >= 0.3 is 0 Å². The van der Waals surface area contributed by atoms with Crippen molar-refractivity contribution in [1.82, 2.24) is 14.9 Å². The lowest BCUT2D eigenvalue weighted by Crippen LogP contribution is -2.43. The molecule has 1 saturated heterocycles. The number of morpholine rings is 1. The van der Waals surface area contributed by atoms with Crippen molar-refractivity contribution in [2.45, 2.75) is 19.9 Å². The number of aryl methyl sites for hydroxylation is 2. The van der Waals surface area contributed by atoms with E-state index in [0.29, 0.717) is 19.8 Å². The summed E-state index contributed by atoms with van der Waals surface area (Å²) < 4.78 is 5.52. The first-order valence-electron chi connectivity index (χ1n) is 6.61. The topological polar surface area (TPSA) is 58.2 Å². The van der Waals surface area contributed by atoms with Crippen molar-refractivity contribution in [1.29, 1.82) is 0 Å². The molecule has 0 saturated carbocycles. The van der Waals surface area contributed by atoms with Crippen molar-refractivity contribution in [3.63, 3.8) is 0 Å². The van der Waals surface area contributed by atoms with Gasteiger partial charge in [0, 0.05) is 18.4 Å². The Labute approximate surface area is 121 Å². The number of ether oxygens (including phenoxy) is 1. The third-order valence-corrected chi connectivity index (χ3v) is 4.49. The molecule has 3 rings (SSSR count). The van der Waals surface area contributed by atoms with Crippen molar-refractivity contribution in [2.75, 3.05) is 19.8 Å². The molecule has 1 aliphatic heterocycles. The average Bonchev–Trinajstić information content (AvgIpc) is 3.07. The number of aromatic amines is 1. The maximum Gasteiger partial charge on any atom is 0.264 e. The fourth-order valence-corrected chi connectivity index (χ4v) is 3.28. The summed E-state index contributed by atoms with van der Waals surface area (Å²) in [5.41, 5.74) is 2.02. The van der Waals surface area contributed by atoms with Gasteiger partial charge in [0.2, 0.25) is 0 Å². The number of aromatic nitrogens is 2. The Morgan fingerprint density at radius 1 is 1.55 bits per heavy atom. The van der Waals surface area contributed by atoms with E-state index in [-0.39, 0.29) is 11.9 Å². The van der Waals surface area contributed by atoms with E-state index in [1.54, 1.807) is 6.20 Å². The Bertz CT molecular complexity index is 619. The molecule has 0 bridgehead atoms. The SMILES string of the molecule is Cc1cnc(C2COCCN2C(=O)c2sccc2C)[nH]1. The fourth-order valence-electron chi connectivity index (χ4n) is 2.40. The number of rotatable bonds is 2. The summed E-state index contributed by atoms with van der Waals surface area (Å²) >= 11 is 1.49. The molecule has 20 heavy (non-hydrogen) atoms. The molecule has 1 fully saturated rings. The maximum atomic E-state index is 12.7. The number of hydrogen-bond donors (Lipinski definition) is 1. The largest absolute Gasteiger partial charge is 0.377 e. The highest BCUT2D eigenvalue weighted by Gasteiger charge is 2.32. The van der Waals surface area contributed by atoms with Crippen LogP contribution in [0.25, 0.3) is 0 Å². The second-order valence-corrected chi connectivity index (χ2v) is 5.89. The third-order valence-electron chi connectivity index (χ3n) is 3.48. The third kappa shape index (κ3) is 2.36. The molecule has 0 spiro atoms. The summed E-state index contributed by atoms with van der Waals surface area (Å²) in [6.45, 7) is 5.59. The van der Waals surface area contributed by atoms with E-state index in [0.717, 1.165) is 22.0 Å². The van der Waals surface area contributed by atoms with Gasteiger partial charge in [0.25, 0.3) is 5.91 Å². The number of carbonyl (C=O) groups is 1. The second kappa shape index (κ2) is 5.38. The summed E-state index contributed by atoms with van der Waals surface area (Å²) in [7, 11) is 0. The molecule has 2 aromatic heterocycles. The fraction of sp³-hybridized carbons (Fsp3) is 0.429. The van der Waals surface area contributed by atoms with Gasteiger partial charge in [-0.15, -0.1) is 11.3 Å². The van der Waals surface area contributed by atoms with Crippen LogP contribution in [-0.4, -0.2) is 40.5 Å². The number of nitrogens with one attached hydrogen (secondary N) is 1. The van der Waals surface area contributed by atoms with Gasteiger partial charge in [0.05, 0.1) is 18.1 Å². The zero-order valence-corrected chi connectivity index (χ0v) is 12.4. The number of H-pyrrole nitrogens is 1. The standard InChI is InChI=1S/C14H17N3O2S/c1-9-3-6-20-12(9)14(18)17-4-5-19-8-11(17)13-15-7-10(2)16-13/h3,6-7,11H,4-5,8H2,1-2H3,(H,15,16). The van der Waals surface area contributed by atoms with E-state index in [9.17, 15) is 4.79 Å². The van der Waals surface area contributed by atoms with E-state index in [2.05, 4.69) is 9.97 Å². The van der Waals surface area contributed by atoms with E-state index >= 15 is 0 Å². The molecule has 1 N–H and O–H groups in total. The molecule has 1 amide bonds. The van der Waals surface area contributed by atoms with E-state index < -0.39 is 0 Å². The van der Waals surface area contributed by atoms with Gasteiger partial charge in [-0.25, -0.2) is 4.98 Å². The van der Waals surface area contributed by atoms with Crippen LogP contribution < -0.4 is 0 Å². The Balaban J connectivity index is 1.89. The predicted octanol–water partition coefficient (Wildman–Crippen LogP) is 2.30. The van der Waals surface area contributed by atoms with Gasteiger partial charge in [-0.2, -0.15) is 0 Å². The van der Waals surface area contributed by atoms with Crippen LogP contribution >= 0.6 is 11.3 Å². The van der Waals surface area contributed by atoms with Crippen molar-refractivity contribution in [2.24, 2.45) is 0 Å². The molecule has 0 aliphatic carbocycles. The number of nitrogens with zero attached hydrogens (tertiary/aromatic N) is 2. The maximum absolute atomic E-state index is 12.7. The van der Waals surface area contributed by atoms with Crippen molar-refractivity contribution in [3.8, 4) is 0 Å². The van der Waals surface area contributed by atoms with Crippen molar-refractivity contribution in [3.05, 3.63) is 39.6 Å². The van der Waals surface area contributed by atoms with E-state index in [1.807, 2.05) is 30.2 Å². The van der Waals surface area contributed by atoms with Gasteiger partial charge in [0.1, 0.15) is 11.9 Å². The van der Waals surface area contributed by atoms with Gasteiger partial charge in [-0.3, -0.25) is 4.79 Å². The van der Waals surface area contributed by atoms with Crippen LogP contribution in [0.5, 0.6) is 0 Å². The highest BCUT2D eigenvalue weighted by molar-refractivity contribution is 7.12. The minimum absolute atomic E-state index is 0.0693. The second-order valence-electron chi connectivity index (χ2n) is 4.97. The van der Waals surface area contributed by atoms with Gasteiger partial charge in [-0.05, 0) is 30.9 Å². The zero-order chi connectivity index (χ0) is 14.1. The molecule has 1 unspecified atom stereocenters. The van der Waals surface area contributed by atoms with Crippen molar-refractivity contribution >= 4 is 17.2 Å². The first-order chi connectivity index (χ1) is 9.66. The average molecular weight is 291 g/mol. The minimum Gasteiger partial charge on any atom is -0.377 e. The molecule has 0 radical (unpaired) electrons. The Hall–Kier alpha value is -1.66. The number of carbonyl (C=O) groups excluding carboxylic acids is 1. The Morgan fingerprint density at radius 3 is 3.05 bits per heavy atom. The smallest absolute Gasteiger partial charge is 0.264 e. The van der Waals surface area contributed by atoms with Gasteiger partial charge in [0.15, 0.2) is 0 Å². The summed E-state index contributed by atoms with van der Waals surface area (Å²) in [6.07, 6.45) is 1.78. The molecule has 1 atom stereocenters.